The Hall–Kier alpha value is -2.37. The lowest BCUT2D eigenvalue weighted by atomic mass is 9.94. The SMILES string of the molecule is COc1ccccc1-c1cn(C2CCCN(CC(C)(C)C)C2=O)nn1. The number of carbonyl (C=O) groups excluding carboxylic acids is 1. The third-order valence-corrected chi connectivity index (χ3v) is 4.38. The molecule has 25 heavy (non-hydrogen) atoms. The summed E-state index contributed by atoms with van der Waals surface area (Å²) in [4.78, 5) is 14.8. The molecule has 3 rings (SSSR count). The van der Waals surface area contributed by atoms with Crippen LogP contribution in [0.3, 0.4) is 0 Å². The zero-order valence-corrected chi connectivity index (χ0v) is 15.4. The molecule has 134 valence electrons. The summed E-state index contributed by atoms with van der Waals surface area (Å²) >= 11 is 0. The van der Waals surface area contributed by atoms with E-state index < -0.39 is 0 Å². The quantitative estimate of drug-likeness (QED) is 0.856. The number of amides is 1. The summed E-state index contributed by atoms with van der Waals surface area (Å²) in [6.07, 6.45) is 3.63. The number of carbonyl (C=O) groups is 1. The Morgan fingerprint density at radius 1 is 1.28 bits per heavy atom. The summed E-state index contributed by atoms with van der Waals surface area (Å²) in [7, 11) is 1.64. The van der Waals surface area contributed by atoms with Gasteiger partial charge in [-0.1, -0.05) is 38.1 Å². The Labute approximate surface area is 148 Å². The Balaban J connectivity index is 1.83. The molecule has 1 saturated heterocycles. The van der Waals surface area contributed by atoms with Crippen LogP contribution in [0.5, 0.6) is 5.75 Å². The molecule has 2 aromatic rings. The smallest absolute Gasteiger partial charge is 0.247 e. The first kappa shape index (κ1) is 17.5. The Bertz CT molecular complexity index is 748. The highest BCUT2D eigenvalue weighted by Gasteiger charge is 2.33. The molecule has 1 aromatic heterocycles. The van der Waals surface area contributed by atoms with Gasteiger partial charge in [0.2, 0.25) is 5.91 Å². The molecule has 0 bridgehead atoms. The van der Waals surface area contributed by atoms with Crippen LogP contribution in [0.15, 0.2) is 30.5 Å². The zero-order chi connectivity index (χ0) is 18.0. The fraction of sp³-hybridized carbons (Fsp3) is 0.526. The molecule has 1 fully saturated rings. The molecule has 1 aliphatic heterocycles. The molecule has 0 radical (unpaired) electrons. The van der Waals surface area contributed by atoms with Gasteiger partial charge in [0.05, 0.1) is 13.3 Å². The molecule has 6 heteroatoms. The minimum Gasteiger partial charge on any atom is -0.496 e. The maximum Gasteiger partial charge on any atom is 0.247 e. The van der Waals surface area contributed by atoms with Crippen LogP contribution in [0.1, 0.15) is 39.7 Å². The van der Waals surface area contributed by atoms with Gasteiger partial charge in [0, 0.05) is 18.7 Å². The molecule has 1 amide bonds. The topological polar surface area (TPSA) is 60.2 Å². The number of aromatic nitrogens is 3. The van der Waals surface area contributed by atoms with E-state index in [9.17, 15) is 4.79 Å². The van der Waals surface area contributed by atoms with Crippen molar-refractivity contribution in [3.8, 4) is 17.0 Å². The first-order chi connectivity index (χ1) is 11.9. The summed E-state index contributed by atoms with van der Waals surface area (Å²) in [6.45, 7) is 8.04. The van der Waals surface area contributed by atoms with E-state index in [0.717, 1.165) is 42.9 Å². The molecule has 6 nitrogen and oxygen atoms in total. The first-order valence-electron chi connectivity index (χ1n) is 8.73. The van der Waals surface area contributed by atoms with Crippen molar-refractivity contribution in [1.82, 2.24) is 19.9 Å². The minimum atomic E-state index is -0.271. The lowest BCUT2D eigenvalue weighted by Crippen LogP contribution is -2.45. The number of likely N-dealkylation sites (tertiary alicyclic amines) is 1. The van der Waals surface area contributed by atoms with Crippen LogP contribution < -0.4 is 4.74 Å². The molecule has 0 aliphatic carbocycles. The van der Waals surface area contributed by atoms with Crippen LogP contribution in [0.25, 0.3) is 11.3 Å². The van der Waals surface area contributed by atoms with Crippen LogP contribution in [-0.2, 0) is 4.79 Å². The Morgan fingerprint density at radius 2 is 2.04 bits per heavy atom. The van der Waals surface area contributed by atoms with Crippen molar-refractivity contribution in [3.63, 3.8) is 0 Å². The number of rotatable bonds is 4. The van der Waals surface area contributed by atoms with Crippen molar-refractivity contribution < 1.29 is 9.53 Å². The van der Waals surface area contributed by atoms with E-state index in [2.05, 4.69) is 31.1 Å². The average Bonchev–Trinajstić information content (AvgIpc) is 3.05. The van der Waals surface area contributed by atoms with Gasteiger partial charge in [0.25, 0.3) is 0 Å². The molecule has 1 aromatic carbocycles. The fourth-order valence-corrected chi connectivity index (χ4v) is 3.30. The monoisotopic (exact) mass is 342 g/mol. The number of benzene rings is 1. The van der Waals surface area contributed by atoms with Crippen molar-refractivity contribution in [2.24, 2.45) is 5.41 Å². The number of para-hydroxylation sites is 1. The molecule has 2 heterocycles. The highest BCUT2D eigenvalue weighted by Crippen LogP contribution is 2.30. The number of ether oxygens (including phenoxy) is 1. The highest BCUT2D eigenvalue weighted by molar-refractivity contribution is 5.81. The van der Waals surface area contributed by atoms with Gasteiger partial charge in [0.1, 0.15) is 17.5 Å². The third-order valence-electron chi connectivity index (χ3n) is 4.38. The van der Waals surface area contributed by atoms with Gasteiger partial charge in [-0.3, -0.25) is 4.79 Å². The lowest BCUT2D eigenvalue weighted by molar-refractivity contribution is -0.139. The summed E-state index contributed by atoms with van der Waals surface area (Å²) in [6, 6.07) is 7.43. The van der Waals surface area contributed by atoms with Gasteiger partial charge < -0.3 is 9.64 Å². The molecular weight excluding hydrogens is 316 g/mol. The number of piperidine rings is 1. The second-order valence-electron chi connectivity index (χ2n) is 7.76. The Morgan fingerprint density at radius 3 is 2.76 bits per heavy atom. The second kappa shape index (κ2) is 6.86. The third kappa shape index (κ3) is 3.83. The lowest BCUT2D eigenvalue weighted by Gasteiger charge is -2.36. The maximum atomic E-state index is 12.9. The largest absolute Gasteiger partial charge is 0.496 e. The van der Waals surface area contributed by atoms with Gasteiger partial charge in [0.15, 0.2) is 0 Å². The van der Waals surface area contributed by atoms with Crippen molar-refractivity contribution in [2.75, 3.05) is 20.2 Å². The Kier molecular flexibility index (Phi) is 4.79. The van der Waals surface area contributed by atoms with Crippen LogP contribution in [0, 0.1) is 5.41 Å². The fourth-order valence-electron chi connectivity index (χ4n) is 3.30. The van der Waals surface area contributed by atoms with Gasteiger partial charge in [-0.2, -0.15) is 0 Å². The maximum absolute atomic E-state index is 12.9. The van der Waals surface area contributed by atoms with Crippen LogP contribution in [0.4, 0.5) is 0 Å². The summed E-state index contributed by atoms with van der Waals surface area (Å²) in [5.74, 6) is 0.886. The van der Waals surface area contributed by atoms with Gasteiger partial charge >= 0.3 is 0 Å². The average molecular weight is 342 g/mol. The first-order valence-corrected chi connectivity index (χ1v) is 8.73. The van der Waals surface area contributed by atoms with Crippen molar-refractivity contribution in [2.45, 2.75) is 39.7 Å². The van der Waals surface area contributed by atoms with Gasteiger partial charge in [-0.05, 0) is 30.4 Å². The molecule has 0 spiro atoms. The van der Waals surface area contributed by atoms with E-state index >= 15 is 0 Å². The van der Waals surface area contributed by atoms with E-state index in [1.807, 2.05) is 35.4 Å². The van der Waals surface area contributed by atoms with Crippen molar-refractivity contribution in [1.29, 1.82) is 0 Å². The van der Waals surface area contributed by atoms with Crippen molar-refractivity contribution in [3.05, 3.63) is 30.5 Å². The molecule has 1 aliphatic rings. The predicted molar refractivity (Wildman–Crippen MR) is 96.3 cm³/mol. The van der Waals surface area contributed by atoms with E-state index in [1.54, 1.807) is 11.8 Å². The van der Waals surface area contributed by atoms with E-state index in [1.165, 1.54) is 0 Å². The standard InChI is InChI=1S/C19H26N4O2/c1-19(2,3)13-22-11-7-9-16(18(22)24)23-12-15(20-21-23)14-8-5-6-10-17(14)25-4/h5-6,8,10,12,16H,7,9,11,13H2,1-4H3. The van der Waals surface area contributed by atoms with Crippen LogP contribution >= 0.6 is 0 Å². The van der Waals surface area contributed by atoms with Crippen LogP contribution in [0.2, 0.25) is 0 Å². The van der Waals surface area contributed by atoms with Crippen molar-refractivity contribution >= 4 is 5.91 Å². The summed E-state index contributed by atoms with van der Waals surface area (Å²) in [5.41, 5.74) is 1.69. The van der Waals surface area contributed by atoms with Crippen LogP contribution in [-0.4, -0.2) is 46.0 Å². The molecule has 1 atom stereocenters. The molecular formula is C19H26N4O2. The van der Waals surface area contributed by atoms with Gasteiger partial charge in [-0.15, -0.1) is 5.10 Å². The normalized spacial score (nSPS) is 18.5. The van der Waals surface area contributed by atoms with Gasteiger partial charge in [-0.25, -0.2) is 4.68 Å². The summed E-state index contributed by atoms with van der Waals surface area (Å²) in [5, 5.41) is 8.50. The zero-order valence-electron chi connectivity index (χ0n) is 15.4. The number of hydrogen-bond acceptors (Lipinski definition) is 4. The van der Waals surface area contributed by atoms with E-state index in [-0.39, 0.29) is 17.4 Å². The van der Waals surface area contributed by atoms with E-state index in [0.29, 0.717) is 0 Å². The minimum absolute atomic E-state index is 0.0858. The predicted octanol–water partition coefficient (Wildman–Crippen LogP) is 3.16. The number of nitrogens with zero attached hydrogens (tertiary/aromatic N) is 4. The summed E-state index contributed by atoms with van der Waals surface area (Å²) < 4.78 is 7.10. The second-order valence-corrected chi connectivity index (χ2v) is 7.76. The molecule has 1 unspecified atom stereocenters. The molecule has 0 N–H and O–H groups in total. The number of hydrogen-bond donors (Lipinski definition) is 0. The molecule has 0 saturated carbocycles. The highest BCUT2D eigenvalue weighted by atomic mass is 16.5. The number of methoxy groups -OCH3 is 1. The van der Waals surface area contributed by atoms with E-state index in [4.69, 9.17) is 4.74 Å².